The zero-order chi connectivity index (χ0) is 15.2. The van der Waals surface area contributed by atoms with Crippen molar-refractivity contribution in [3.8, 4) is 17.2 Å². The van der Waals surface area contributed by atoms with Crippen LogP contribution in [-0.4, -0.2) is 14.2 Å². The maximum atomic E-state index is 6.22. The van der Waals surface area contributed by atoms with Crippen molar-refractivity contribution < 1.29 is 14.2 Å². The third-order valence-electron chi connectivity index (χ3n) is 2.99. The average molecular weight is 327 g/mol. The maximum absolute atomic E-state index is 6.22. The smallest absolute Gasteiger partial charge is 0.180 e. The highest BCUT2D eigenvalue weighted by molar-refractivity contribution is 6.32. The molecule has 0 aliphatic rings. The lowest BCUT2D eigenvalue weighted by molar-refractivity contribution is 0.284. The molecular weight excluding hydrogens is 311 g/mol. The fourth-order valence-electron chi connectivity index (χ4n) is 1.87. The van der Waals surface area contributed by atoms with Gasteiger partial charge in [0.15, 0.2) is 11.5 Å². The SMILES string of the molecule is COc1ccc(COc2c(Cl)cc(CCl)cc2OC)cc1. The minimum absolute atomic E-state index is 0.370. The van der Waals surface area contributed by atoms with E-state index >= 15 is 0 Å². The predicted octanol–water partition coefficient (Wildman–Crippen LogP) is 4.68. The van der Waals surface area contributed by atoms with Crippen LogP contribution < -0.4 is 14.2 Å². The average Bonchev–Trinajstić information content (AvgIpc) is 2.53. The van der Waals surface area contributed by atoms with Crippen LogP contribution >= 0.6 is 23.2 Å². The molecule has 3 nitrogen and oxygen atoms in total. The van der Waals surface area contributed by atoms with Crippen LogP contribution in [0.3, 0.4) is 0 Å². The molecule has 21 heavy (non-hydrogen) atoms. The summed E-state index contributed by atoms with van der Waals surface area (Å²) in [6.45, 7) is 0.389. The molecule has 2 aromatic carbocycles. The van der Waals surface area contributed by atoms with Gasteiger partial charge in [0, 0.05) is 5.88 Å². The molecule has 0 fully saturated rings. The van der Waals surface area contributed by atoms with Crippen molar-refractivity contribution in [2.24, 2.45) is 0 Å². The molecule has 0 aromatic heterocycles. The first-order valence-electron chi connectivity index (χ1n) is 6.36. The molecule has 0 radical (unpaired) electrons. The summed E-state index contributed by atoms with van der Waals surface area (Å²) in [4.78, 5) is 0. The third kappa shape index (κ3) is 3.96. The van der Waals surface area contributed by atoms with Crippen molar-refractivity contribution in [3.05, 3.63) is 52.5 Å². The van der Waals surface area contributed by atoms with Crippen LogP contribution in [0.15, 0.2) is 36.4 Å². The molecule has 0 N–H and O–H groups in total. The van der Waals surface area contributed by atoms with E-state index in [-0.39, 0.29) is 0 Å². The molecule has 0 amide bonds. The van der Waals surface area contributed by atoms with Crippen molar-refractivity contribution in [3.63, 3.8) is 0 Å². The van der Waals surface area contributed by atoms with Crippen LogP contribution in [0.2, 0.25) is 5.02 Å². The number of alkyl halides is 1. The van der Waals surface area contributed by atoms with Crippen LogP contribution in [0, 0.1) is 0 Å². The predicted molar refractivity (Wildman–Crippen MR) is 84.9 cm³/mol. The van der Waals surface area contributed by atoms with E-state index in [0.29, 0.717) is 29.0 Å². The lowest BCUT2D eigenvalue weighted by Crippen LogP contribution is -1.99. The molecule has 0 heterocycles. The van der Waals surface area contributed by atoms with Gasteiger partial charge in [-0.3, -0.25) is 0 Å². The Morgan fingerprint density at radius 1 is 0.952 bits per heavy atom. The highest BCUT2D eigenvalue weighted by atomic mass is 35.5. The Balaban J connectivity index is 2.15. The molecule has 0 aliphatic heterocycles. The lowest BCUT2D eigenvalue weighted by Gasteiger charge is -2.14. The van der Waals surface area contributed by atoms with Crippen LogP contribution in [-0.2, 0) is 12.5 Å². The third-order valence-corrected chi connectivity index (χ3v) is 3.58. The summed E-state index contributed by atoms with van der Waals surface area (Å²) in [5.74, 6) is 2.27. The van der Waals surface area contributed by atoms with Gasteiger partial charge in [0.05, 0.1) is 19.2 Å². The topological polar surface area (TPSA) is 27.7 Å². The van der Waals surface area contributed by atoms with E-state index < -0.39 is 0 Å². The fourth-order valence-corrected chi connectivity index (χ4v) is 2.31. The van der Waals surface area contributed by atoms with E-state index in [1.54, 1.807) is 20.3 Å². The summed E-state index contributed by atoms with van der Waals surface area (Å²) < 4.78 is 16.2. The first-order chi connectivity index (χ1) is 10.2. The molecule has 2 rings (SSSR count). The molecule has 0 unspecified atom stereocenters. The molecule has 0 aliphatic carbocycles. The van der Waals surface area contributed by atoms with Crippen molar-refractivity contribution >= 4 is 23.2 Å². The first kappa shape index (κ1) is 15.8. The number of hydrogen-bond donors (Lipinski definition) is 0. The number of methoxy groups -OCH3 is 2. The van der Waals surface area contributed by atoms with Crippen molar-refractivity contribution in [1.29, 1.82) is 0 Å². The Hall–Kier alpha value is -1.58. The van der Waals surface area contributed by atoms with Crippen molar-refractivity contribution in [2.75, 3.05) is 14.2 Å². The molecule has 5 heteroatoms. The summed E-state index contributed by atoms with van der Waals surface area (Å²) in [7, 11) is 3.21. The molecule has 0 saturated carbocycles. The molecule has 0 saturated heterocycles. The quantitative estimate of drug-likeness (QED) is 0.721. The second-order valence-corrected chi connectivity index (χ2v) is 5.05. The van der Waals surface area contributed by atoms with Crippen LogP contribution in [0.5, 0.6) is 17.2 Å². The Labute approximate surface area is 134 Å². The van der Waals surface area contributed by atoms with Crippen LogP contribution in [0.1, 0.15) is 11.1 Å². The largest absolute Gasteiger partial charge is 0.497 e. The van der Waals surface area contributed by atoms with E-state index in [4.69, 9.17) is 37.4 Å². The summed E-state index contributed by atoms with van der Waals surface area (Å²) in [5.41, 5.74) is 1.89. The van der Waals surface area contributed by atoms with Gasteiger partial charge < -0.3 is 14.2 Å². The van der Waals surface area contributed by atoms with E-state index in [0.717, 1.165) is 16.9 Å². The fraction of sp³-hybridized carbons (Fsp3) is 0.250. The molecular formula is C16H16Cl2O3. The van der Waals surface area contributed by atoms with Gasteiger partial charge in [0.1, 0.15) is 12.4 Å². The monoisotopic (exact) mass is 326 g/mol. The molecule has 0 spiro atoms. The normalized spacial score (nSPS) is 10.3. The van der Waals surface area contributed by atoms with Gasteiger partial charge in [0.2, 0.25) is 0 Å². The first-order valence-corrected chi connectivity index (χ1v) is 7.27. The minimum atomic E-state index is 0.370. The zero-order valence-electron chi connectivity index (χ0n) is 11.9. The summed E-state index contributed by atoms with van der Waals surface area (Å²) in [5, 5.41) is 0.485. The van der Waals surface area contributed by atoms with Crippen molar-refractivity contribution in [2.45, 2.75) is 12.5 Å². The van der Waals surface area contributed by atoms with Crippen LogP contribution in [0.25, 0.3) is 0 Å². The van der Waals surface area contributed by atoms with E-state index in [1.165, 1.54) is 0 Å². The standard InChI is InChI=1S/C16H16Cl2O3/c1-19-13-5-3-11(4-6-13)10-21-16-14(18)7-12(9-17)8-15(16)20-2/h3-8H,9-10H2,1-2H3. The Morgan fingerprint density at radius 2 is 1.67 bits per heavy atom. The van der Waals surface area contributed by atoms with Gasteiger partial charge in [-0.1, -0.05) is 23.7 Å². The van der Waals surface area contributed by atoms with Crippen molar-refractivity contribution in [1.82, 2.24) is 0 Å². The van der Waals surface area contributed by atoms with E-state index in [9.17, 15) is 0 Å². The summed E-state index contributed by atoms with van der Waals surface area (Å²) >= 11 is 12.0. The van der Waals surface area contributed by atoms with Gasteiger partial charge in [-0.2, -0.15) is 0 Å². The number of hydrogen-bond acceptors (Lipinski definition) is 3. The number of benzene rings is 2. The second kappa shape index (κ2) is 7.43. The summed E-state index contributed by atoms with van der Waals surface area (Å²) in [6.07, 6.45) is 0. The van der Waals surface area contributed by atoms with Crippen LogP contribution in [0.4, 0.5) is 0 Å². The van der Waals surface area contributed by atoms with Gasteiger partial charge in [-0.15, -0.1) is 11.6 Å². The molecule has 112 valence electrons. The maximum Gasteiger partial charge on any atom is 0.180 e. The Morgan fingerprint density at radius 3 is 2.24 bits per heavy atom. The number of rotatable bonds is 6. The highest BCUT2D eigenvalue weighted by Gasteiger charge is 2.12. The lowest BCUT2D eigenvalue weighted by atomic mass is 10.2. The van der Waals surface area contributed by atoms with E-state index in [2.05, 4.69) is 0 Å². The summed E-state index contributed by atoms with van der Waals surface area (Å²) in [6, 6.07) is 11.2. The highest BCUT2D eigenvalue weighted by Crippen LogP contribution is 2.37. The second-order valence-electron chi connectivity index (χ2n) is 4.38. The van der Waals surface area contributed by atoms with Gasteiger partial charge in [0.25, 0.3) is 0 Å². The zero-order valence-corrected chi connectivity index (χ0v) is 13.4. The van der Waals surface area contributed by atoms with Gasteiger partial charge in [-0.25, -0.2) is 0 Å². The van der Waals surface area contributed by atoms with Gasteiger partial charge in [-0.05, 0) is 35.4 Å². The van der Waals surface area contributed by atoms with Gasteiger partial charge >= 0.3 is 0 Å². The molecule has 2 aromatic rings. The Kier molecular flexibility index (Phi) is 5.59. The van der Waals surface area contributed by atoms with E-state index in [1.807, 2.05) is 30.3 Å². The number of halogens is 2. The minimum Gasteiger partial charge on any atom is -0.497 e. The number of ether oxygens (including phenoxy) is 3. The molecule has 0 bridgehead atoms. The molecule has 0 atom stereocenters. The Bertz CT molecular complexity index is 597.